The maximum Gasteiger partial charge on any atom is 0.221 e. The Balaban J connectivity index is 2.23. The zero-order chi connectivity index (χ0) is 16.4. The molecule has 1 aromatic carbocycles. The number of nitrogens with one attached hydrogen (secondary N) is 2. The number of ether oxygens (including phenoxy) is 1. The van der Waals surface area contributed by atoms with E-state index in [4.69, 9.17) is 11.2 Å². The summed E-state index contributed by atoms with van der Waals surface area (Å²) in [5, 5.41) is 2.73. The number of sulfonamides is 1. The van der Waals surface area contributed by atoms with Crippen LogP contribution < -0.4 is 14.8 Å². The van der Waals surface area contributed by atoms with Gasteiger partial charge in [-0.05, 0) is 24.1 Å². The second-order valence-corrected chi connectivity index (χ2v) is 6.49. The Bertz CT molecular complexity index is 618. The van der Waals surface area contributed by atoms with Gasteiger partial charge >= 0.3 is 0 Å². The molecule has 7 heteroatoms. The summed E-state index contributed by atoms with van der Waals surface area (Å²) in [4.78, 5) is 11.5. The highest BCUT2D eigenvalue weighted by molar-refractivity contribution is 7.88. The molecule has 22 heavy (non-hydrogen) atoms. The fourth-order valence-electron chi connectivity index (χ4n) is 1.66. The second kappa shape index (κ2) is 9.07. The predicted molar refractivity (Wildman–Crippen MR) is 84.9 cm³/mol. The summed E-state index contributed by atoms with van der Waals surface area (Å²) < 4.78 is 29.2. The molecule has 1 amide bonds. The van der Waals surface area contributed by atoms with Gasteiger partial charge in [0.1, 0.15) is 12.4 Å². The van der Waals surface area contributed by atoms with Crippen molar-refractivity contribution in [2.75, 3.05) is 26.0 Å². The third kappa shape index (κ3) is 8.29. The van der Waals surface area contributed by atoms with Crippen molar-refractivity contribution in [3.05, 3.63) is 29.8 Å². The van der Waals surface area contributed by atoms with Crippen LogP contribution in [-0.2, 0) is 21.2 Å². The van der Waals surface area contributed by atoms with Crippen molar-refractivity contribution in [2.24, 2.45) is 0 Å². The van der Waals surface area contributed by atoms with Gasteiger partial charge < -0.3 is 10.1 Å². The average Bonchev–Trinajstić information content (AvgIpc) is 2.45. The summed E-state index contributed by atoms with van der Waals surface area (Å²) in [7, 11) is -3.25. The molecule has 1 rings (SSSR count). The van der Waals surface area contributed by atoms with E-state index in [1.54, 1.807) is 0 Å². The highest BCUT2D eigenvalue weighted by Crippen LogP contribution is 2.12. The van der Waals surface area contributed by atoms with Crippen LogP contribution in [0.5, 0.6) is 5.75 Å². The molecule has 0 aliphatic carbocycles. The van der Waals surface area contributed by atoms with E-state index in [9.17, 15) is 13.2 Å². The third-order valence-electron chi connectivity index (χ3n) is 2.70. The zero-order valence-corrected chi connectivity index (χ0v) is 13.3. The summed E-state index contributed by atoms with van der Waals surface area (Å²) in [6.45, 7) is 0.824. The standard InChI is InChI=1S/C15H20N2O4S/c1-3-12-21-14-6-4-13(5-7-14)8-10-16-15(18)9-11-17-22(2,19)20/h1,4-7,17H,8-12H2,2H3,(H,16,18). The molecule has 0 aliphatic rings. The number of hydrogen-bond donors (Lipinski definition) is 2. The maximum atomic E-state index is 11.5. The van der Waals surface area contributed by atoms with E-state index in [0.717, 1.165) is 11.8 Å². The smallest absolute Gasteiger partial charge is 0.221 e. The van der Waals surface area contributed by atoms with Gasteiger partial charge in [-0.15, -0.1) is 6.42 Å². The number of amides is 1. The average molecular weight is 324 g/mol. The van der Waals surface area contributed by atoms with Crippen LogP contribution in [0, 0.1) is 12.3 Å². The summed E-state index contributed by atoms with van der Waals surface area (Å²) in [5.74, 6) is 2.91. The largest absolute Gasteiger partial charge is 0.481 e. The normalized spacial score (nSPS) is 10.7. The number of terminal acetylenes is 1. The molecule has 0 saturated heterocycles. The Morgan fingerprint density at radius 1 is 1.27 bits per heavy atom. The van der Waals surface area contributed by atoms with E-state index >= 15 is 0 Å². The minimum Gasteiger partial charge on any atom is -0.481 e. The van der Waals surface area contributed by atoms with Crippen LogP contribution in [0.15, 0.2) is 24.3 Å². The van der Waals surface area contributed by atoms with E-state index in [0.29, 0.717) is 18.7 Å². The fraction of sp³-hybridized carbons (Fsp3) is 0.400. The van der Waals surface area contributed by atoms with Crippen LogP contribution in [0.3, 0.4) is 0 Å². The molecule has 0 fully saturated rings. The van der Waals surface area contributed by atoms with E-state index < -0.39 is 10.0 Å². The highest BCUT2D eigenvalue weighted by Gasteiger charge is 2.04. The molecule has 6 nitrogen and oxygen atoms in total. The lowest BCUT2D eigenvalue weighted by atomic mass is 10.1. The molecular weight excluding hydrogens is 304 g/mol. The molecule has 0 spiro atoms. The first kappa shape index (κ1) is 18.0. The number of carbonyl (C=O) groups excluding carboxylic acids is 1. The number of hydrogen-bond acceptors (Lipinski definition) is 4. The van der Waals surface area contributed by atoms with Gasteiger partial charge in [-0.3, -0.25) is 4.79 Å². The van der Waals surface area contributed by atoms with Crippen LogP contribution in [-0.4, -0.2) is 40.3 Å². The minimum absolute atomic E-state index is 0.103. The number of rotatable bonds is 9. The molecule has 0 unspecified atom stereocenters. The van der Waals surface area contributed by atoms with Crippen LogP contribution >= 0.6 is 0 Å². The summed E-state index contributed by atoms with van der Waals surface area (Å²) >= 11 is 0. The summed E-state index contributed by atoms with van der Waals surface area (Å²) in [6.07, 6.45) is 6.96. The Morgan fingerprint density at radius 3 is 2.55 bits per heavy atom. The van der Waals surface area contributed by atoms with Crippen LogP contribution in [0.1, 0.15) is 12.0 Å². The first-order valence-electron chi connectivity index (χ1n) is 6.77. The topological polar surface area (TPSA) is 84.5 Å². The monoisotopic (exact) mass is 324 g/mol. The SMILES string of the molecule is C#CCOc1ccc(CCNC(=O)CCNS(C)(=O)=O)cc1. The maximum absolute atomic E-state index is 11.5. The van der Waals surface area contributed by atoms with Gasteiger partial charge in [0, 0.05) is 19.5 Å². The Hall–Kier alpha value is -2.04. The summed E-state index contributed by atoms with van der Waals surface area (Å²) in [5.41, 5.74) is 1.06. The Morgan fingerprint density at radius 2 is 1.95 bits per heavy atom. The van der Waals surface area contributed by atoms with Crippen LogP contribution in [0.4, 0.5) is 0 Å². The fourth-order valence-corrected chi connectivity index (χ4v) is 2.13. The predicted octanol–water partition coefficient (Wildman–Crippen LogP) is 0.297. The van der Waals surface area contributed by atoms with Crippen molar-refractivity contribution in [3.63, 3.8) is 0 Å². The van der Waals surface area contributed by atoms with Crippen molar-refractivity contribution in [3.8, 4) is 18.1 Å². The Labute approximate surface area is 131 Å². The quantitative estimate of drug-likeness (QED) is 0.640. The number of carbonyl (C=O) groups is 1. The van der Waals surface area contributed by atoms with E-state index in [-0.39, 0.29) is 25.5 Å². The molecule has 0 atom stereocenters. The van der Waals surface area contributed by atoms with Gasteiger partial charge in [0.05, 0.1) is 6.26 Å². The van der Waals surface area contributed by atoms with Gasteiger partial charge in [-0.1, -0.05) is 18.1 Å². The third-order valence-corrected chi connectivity index (χ3v) is 3.43. The molecule has 0 saturated carbocycles. The molecular formula is C15H20N2O4S. The van der Waals surface area contributed by atoms with E-state index in [1.807, 2.05) is 24.3 Å². The van der Waals surface area contributed by atoms with Crippen molar-refractivity contribution >= 4 is 15.9 Å². The van der Waals surface area contributed by atoms with E-state index in [1.165, 1.54) is 0 Å². The van der Waals surface area contributed by atoms with Crippen molar-refractivity contribution in [2.45, 2.75) is 12.8 Å². The van der Waals surface area contributed by atoms with Crippen molar-refractivity contribution in [1.82, 2.24) is 10.0 Å². The molecule has 2 N–H and O–H groups in total. The lowest BCUT2D eigenvalue weighted by Crippen LogP contribution is -2.31. The van der Waals surface area contributed by atoms with Crippen molar-refractivity contribution in [1.29, 1.82) is 0 Å². The van der Waals surface area contributed by atoms with Crippen LogP contribution in [0.2, 0.25) is 0 Å². The molecule has 120 valence electrons. The summed E-state index contributed by atoms with van der Waals surface area (Å²) in [6, 6.07) is 7.46. The lowest BCUT2D eigenvalue weighted by molar-refractivity contribution is -0.120. The van der Waals surface area contributed by atoms with Gasteiger partial charge in [0.2, 0.25) is 15.9 Å². The molecule has 0 heterocycles. The van der Waals surface area contributed by atoms with Gasteiger partial charge in [-0.2, -0.15) is 0 Å². The zero-order valence-electron chi connectivity index (χ0n) is 12.5. The second-order valence-electron chi connectivity index (χ2n) is 4.65. The van der Waals surface area contributed by atoms with Gasteiger partial charge in [0.25, 0.3) is 0 Å². The molecule has 0 aromatic heterocycles. The molecule has 0 aliphatic heterocycles. The van der Waals surface area contributed by atoms with Gasteiger partial charge in [-0.25, -0.2) is 13.1 Å². The van der Waals surface area contributed by atoms with E-state index in [2.05, 4.69) is 16.0 Å². The van der Waals surface area contributed by atoms with Crippen molar-refractivity contribution < 1.29 is 17.9 Å². The highest BCUT2D eigenvalue weighted by atomic mass is 32.2. The molecule has 1 aromatic rings. The number of benzene rings is 1. The first-order chi connectivity index (χ1) is 10.4. The Kier molecular flexibility index (Phi) is 7.43. The minimum atomic E-state index is -3.25. The first-order valence-corrected chi connectivity index (χ1v) is 8.66. The molecule has 0 radical (unpaired) electrons. The lowest BCUT2D eigenvalue weighted by Gasteiger charge is -2.07. The van der Waals surface area contributed by atoms with Crippen LogP contribution in [0.25, 0.3) is 0 Å². The molecule has 0 bridgehead atoms. The van der Waals surface area contributed by atoms with Gasteiger partial charge in [0.15, 0.2) is 0 Å².